The summed E-state index contributed by atoms with van der Waals surface area (Å²) in [6, 6.07) is 19.5. The molecule has 0 fully saturated rings. The Morgan fingerprint density at radius 1 is 0.933 bits per heavy atom. The van der Waals surface area contributed by atoms with Crippen LogP contribution in [-0.2, 0) is 16.0 Å². The van der Waals surface area contributed by atoms with Gasteiger partial charge < -0.3 is 14.2 Å². The topological polar surface area (TPSA) is 86.8 Å². The summed E-state index contributed by atoms with van der Waals surface area (Å²) < 4.78 is 15.8. The fraction of sp³-hybridized carbons (Fsp3) is 0.174. The van der Waals surface area contributed by atoms with Crippen molar-refractivity contribution in [1.29, 1.82) is 0 Å². The minimum Gasteiger partial charge on any atom is -0.466 e. The van der Waals surface area contributed by atoms with E-state index in [1.807, 2.05) is 30.3 Å². The molecule has 0 saturated heterocycles. The van der Waals surface area contributed by atoms with E-state index in [1.54, 1.807) is 43.3 Å². The number of nitrogens with one attached hydrogen (secondary N) is 1. The first-order valence-corrected chi connectivity index (χ1v) is 9.54. The van der Waals surface area contributed by atoms with Gasteiger partial charge in [0.2, 0.25) is 5.88 Å². The van der Waals surface area contributed by atoms with Crippen LogP contribution in [0.2, 0.25) is 0 Å². The molecule has 1 aromatic heterocycles. The van der Waals surface area contributed by atoms with E-state index >= 15 is 0 Å². The quantitative estimate of drug-likeness (QED) is 0.531. The normalized spacial score (nSPS) is 10.2. The van der Waals surface area contributed by atoms with Crippen molar-refractivity contribution in [3.63, 3.8) is 0 Å². The number of carbonyl (C=O) groups excluding carboxylic acids is 2. The number of ether oxygens (including phenoxy) is 3. The Labute approximate surface area is 174 Å². The molecule has 1 amide bonds. The van der Waals surface area contributed by atoms with E-state index in [2.05, 4.69) is 10.3 Å². The number of nitrogens with zero attached hydrogens (tertiary/aromatic N) is 1. The standard InChI is InChI=1S/C23H22N2O5/c1-2-28-22(26)15-10-17-8-12-20(13-9-17)29-21-14-11-18(16-24-21)25-23(27)30-19-6-4-3-5-7-19/h3-9,11-14,16H,2,10,15H2,1H3,(H,25,27). The molecule has 0 bridgehead atoms. The first-order valence-electron chi connectivity index (χ1n) is 9.54. The van der Waals surface area contributed by atoms with Crippen LogP contribution in [0.1, 0.15) is 18.9 Å². The third-order valence-corrected chi connectivity index (χ3v) is 4.01. The highest BCUT2D eigenvalue weighted by atomic mass is 16.6. The summed E-state index contributed by atoms with van der Waals surface area (Å²) in [7, 11) is 0. The van der Waals surface area contributed by atoms with Gasteiger partial charge in [0.15, 0.2) is 0 Å². The molecule has 0 aliphatic rings. The van der Waals surface area contributed by atoms with Gasteiger partial charge in [-0.25, -0.2) is 9.78 Å². The van der Waals surface area contributed by atoms with Crippen molar-refractivity contribution in [3.8, 4) is 17.4 Å². The number of aromatic nitrogens is 1. The number of pyridine rings is 1. The molecule has 1 N–H and O–H groups in total. The Balaban J connectivity index is 1.49. The van der Waals surface area contributed by atoms with Crippen molar-refractivity contribution < 1.29 is 23.8 Å². The first kappa shape index (κ1) is 20.9. The van der Waals surface area contributed by atoms with Crippen molar-refractivity contribution in [1.82, 2.24) is 4.98 Å². The molecule has 30 heavy (non-hydrogen) atoms. The summed E-state index contributed by atoms with van der Waals surface area (Å²) in [5.74, 6) is 1.25. The lowest BCUT2D eigenvalue weighted by atomic mass is 10.1. The molecule has 0 atom stereocenters. The summed E-state index contributed by atoms with van der Waals surface area (Å²) in [5, 5.41) is 2.60. The third-order valence-electron chi connectivity index (χ3n) is 4.01. The van der Waals surface area contributed by atoms with Gasteiger partial charge in [-0.2, -0.15) is 0 Å². The predicted octanol–water partition coefficient (Wildman–Crippen LogP) is 4.98. The van der Waals surface area contributed by atoms with E-state index in [0.717, 1.165) is 5.56 Å². The number of anilines is 1. The van der Waals surface area contributed by atoms with E-state index in [-0.39, 0.29) is 5.97 Å². The summed E-state index contributed by atoms with van der Waals surface area (Å²) in [6.07, 6.45) is 1.83. The van der Waals surface area contributed by atoms with Crippen molar-refractivity contribution >= 4 is 17.7 Å². The van der Waals surface area contributed by atoms with Gasteiger partial charge >= 0.3 is 12.1 Å². The number of carbonyl (C=O) groups is 2. The van der Waals surface area contributed by atoms with Crippen LogP contribution in [0, 0.1) is 0 Å². The predicted molar refractivity (Wildman–Crippen MR) is 112 cm³/mol. The van der Waals surface area contributed by atoms with Crippen LogP contribution >= 0.6 is 0 Å². The van der Waals surface area contributed by atoms with Gasteiger partial charge in [0, 0.05) is 12.5 Å². The van der Waals surface area contributed by atoms with Crippen LogP contribution < -0.4 is 14.8 Å². The molecule has 154 valence electrons. The van der Waals surface area contributed by atoms with E-state index < -0.39 is 6.09 Å². The molecule has 0 aliphatic carbocycles. The Kier molecular flexibility index (Phi) is 7.38. The SMILES string of the molecule is CCOC(=O)CCc1ccc(Oc2ccc(NC(=O)Oc3ccccc3)cn2)cc1. The molecule has 0 saturated carbocycles. The number of rotatable bonds is 8. The minimum absolute atomic E-state index is 0.205. The first-order chi connectivity index (χ1) is 14.6. The highest BCUT2D eigenvalue weighted by Crippen LogP contribution is 2.21. The van der Waals surface area contributed by atoms with Crippen LogP contribution in [0.25, 0.3) is 0 Å². The van der Waals surface area contributed by atoms with Gasteiger partial charge in [0.1, 0.15) is 11.5 Å². The Hall–Kier alpha value is -3.87. The van der Waals surface area contributed by atoms with E-state index in [4.69, 9.17) is 14.2 Å². The molecule has 0 unspecified atom stereocenters. The fourth-order valence-corrected chi connectivity index (χ4v) is 2.58. The van der Waals surface area contributed by atoms with Gasteiger partial charge in [0.05, 0.1) is 18.5 Å². The van der Waals surface area contributed by atoms with Crippen LogP contribution in [0.15, 0.2) is 72.9 Å². The Morgan fingerprint density at radius 2 is 1.70 bits per heavy atom. The second-order valence-electron chi connectivity index (χ2n) is 6.26. The number of para-hydroxylation sites is 1. The average Bonchev–Trinajstić information content (AvgIpc) is 2.75. The zero-order chi connectivity index (χ0) is 21.2. The molecule has 2 aromatic carbocycles. The van der Waals surface area contributed by atoms with Crippen molar-refractivity contribution in [2.45, 2.75) is 19.8 Å². The minimum atomic E-state index is -0.602. The Morgan fingerprint density at radius 3 is 2.37 bits per heavy atom. The van der Waals surface area contributed by atoms with Crippen molar-refractivity contribution in [2.24, 2.45) is 0 Å². The number of amides is 1. The van der Waals surface area contributed by atoms with Crippen LogP contribution in [-0.4, -0.2) is 23.7 Å². The lowest BCUT2D eigenvalue weighted by Gasteiger charge is -2.08. The largest absolute Gasteiger partial charge is 0.466 e. The lowest BCUT2D eigenvalue weighted by Crippen LogP contribution is -2.16. The molecule has 7 nitrogen and oxygen atoms in total. The van der Waals surface area contributed by atoms with Gasteiger partial charge in [-0.15, -0.1) is 0 Å². The van der Waals surface area contributed by atoms with E-state index in [9.17, 15) is 9.59 Å². The zero-order valence-electron chi connectivity index (χ0n) is 16.5. The summed E-state index contributed by atoms with van der Waals surface area (Å²) in [6.45, 7) is 2.18. The van der Waals surface area contributed by atoms with Gasteiger partial charge in [0.25, 0.3) is 0 Å². The zero-order valence-corrected chi connectivity index (χ0v) is 16.5. The second-order valence-corrected chi connectivity index (χ2v) is 6.26. The average molecular weight is 406 g/mol. The molecule has 1 heterocycles. The van der Waals surface area contributed by atoms with Gasteiger partial charge in [-0.05, 0) is 49.2 Å². The molecular formula is C23H22N2O5. The number of aryl methyl sites for hydroxylation is 1. The van der Waals surface area contributed by atoms with Crippen molar-refractivity contribution in [3.05, 3.63) is 78.5 Å². The number of benzene rings is 2. The van der Waals surface area contributed by atoms with Gasteiger partial charge in [-0.1, -0.05) is 30.3 Å². The maximum absolute atomic E-state index is 11.9. The number of esters is 1. The third kappa shape index (κ3) is 6.63. The fourth-order valence-electron chi connectivity index (χ4n) is 2.58. The van der Waals surface area contributed by atoms with E-state index in [0.29, 0.717) is 42.5 Å². The molecule has 0 spiro atoms. The molecule has 3 rings (SSSR count). The monoisotopic (exact) mass is 406 g/mol. The smallest absolute Gasteiger partial charge is 0.417 e. The number of hydrogen-bond acceptors (Lipinski definition) is 6. The Bertz CT molecular complexity index is 957. The van der Waals surface area contributed by atoms with Crippen LogP contribution in [0.5, 0.6) is 17.4 Å². The molecular weight excluding hydrogens is 384 g/mol. The highest BCUT2D eigenvalue weighted by molar-refractivity contribution is 5.86. The van der Waals surface area contributed by atoms with Crippen LogP contribution in [0.3, 0.4) is 0 Å². The van der Waals surface area contributed by atoms with Gasteiger partial charge in [-0.3, -0.25) is 10.1 Å². The second kappa shape index (κ2) is 10.6. The lowest BCUT2D eigenvalue weighted by molar-refractivity contribution is -0.143. The molecule has 0 radical (unpaired) electrons. The highest BCUT2D eigenvalue weighted by Gasteiger charge is 2.07. The number of hydrogen-bond donors (Lipinski definition) is 1. The molecule has 7 heteroatoms. The molecule has 0 aliphatic heterocycles. The van der Waals surface area contributed by atoms with Crippen LogP contribution in [0.4, 0.5) is 10.5 Å². The maximum Gasteiger partial charge on any atom is 0.417 e. The maximum atomic E-state index is 11.9. The van der Waals surface area contributed by atoms with E-state index in [1.165, 1.54) is 6.20 Å². The summed E-state index contributed by atoms with van der Waals surface area (Å²) in [5.41, 5.74) is 1.50. The summed E-state index contributed by atoms with van der Waals surface area (Å²) >= 11 is 0. The van der Waals surface area contributed by atoms with Crippen molar-refractivity contribution in [2.75, 3.05) is 11.9 Å². The summed E-state index contributed by atoms with van der Waals surface area (Å²) in [4.78, 5) is 27.5. The molecule has 3 aromatic rings.